The van der Waals surface area contributed by atoms with Crippen LogP contribution in [-0.4, -0.2) is 49.9 Å². The molecule has 44 heavy (non-hydrogen) atoms. The lowest BCUT2D eigenvalue weighted by Crippen LogP contribution is -2.28. The van der Waals surface area contributed by atoms with E-state index in [1.807, 2.05) is 12.2 Å². The van der Waals surface area contributed by atoms with Crippen LogP contribution in [0.5, 0.6) is 0 Å². The van der Waals surface area contributed by atoms with Crippen molar-refractivity contribution in [3.8, 4) is 0 Å². The van der Waals surface area contributed by atoms with Crippen molar-refractivity contribution < 1.29 is 32.8 Å². The Morgan fingerprint density at radius 1 is 0.705 bits per heavy atom. The van der Waals surface area contributed by atoms with Gasteiger partial charge in [0.05, 0.1) is 19.8 Å². The van der Waals surface area contributed by atoms with Crippen LogP contribution >= 0.6 is 7.82 Å². The summed E-state index contributed by atoms with van der Waals surface area (Å²) in [6.45, 7) is 4.62. The van der Waals surface area contributed by atoms with Gasteiger partial charge in [-0.15, -0.1) is 0 Å². The highest BCUT2D eigenvalue weighted by Crippen LogP contribution is 2.43. The van der Waals surface area contributed by atoms with Crippen LogP contribution in [-0.2, 0) is 27.9 Å². The average Bonchev–Trinajstić information content (AvgIpc) is 3.01. The highest BCUT2D eigenvalue weighted by Gasteiger charge is 2.25. The highest BCUT2D eigenvalue weighted by atomic mass is 31.2. The van der Waals surface area contributed by atoms with Crippen LogP contribution in [0.3, 0.4) is 0 Å². The van der Waals surface area contributed by atoms with Crippen molar-refractivity contribution >= 4 is 13.8 Å². The molecule has 0 heterocycles. The summed E-state index contributed by atoms with van der Waals surface area (Å²) in [4.78, 5) is 22.2. The van der Waals surface area contributed by atoms with Gasteiger partial charge in [0.2, 0.25) is 0 Å². The molecule has 2 unspecified atom stereocenters. The minimum atomic E-state index is -4.29. The summed E-state index contributed by atoms with van der Waals surface area (Å²) in [7, 11) is -4.29. The summed E-state index contributed by atoms with van der Waals surface area (Å²) in [5.41, 5.74) is 5.33. The second-order valence-electron chi connectivity index (χ2n) is 10.6. The third-order valence-electron chi connectivity index (χ3n) is 6.43. The van der Waals surface area contributed by atoms with Crippen molar-refractivity contribution in [3.05, 3.63) is 60.8 Å². The molecule has 0 rings (SSSR count). The molecule has 3 N–H and O–H groups in total. The fourth-order valence-corrected chi connectivity index (χ4v) is 4.75. The quantitative estimate of drug-likeness (QED) is 0.0334. The molecule has 0 radical (unpaired) electrons. The van der Waals surface area contributed by atoms with Gasteiger partial charge in [-0.25, -0.2) is 4.57 Å². The summed E-state index contributed by atoms with van der Waals surface area (Å²) in [5.74, 6) is -0.416. The molecule has 0 aliphatic heterocycles. The first-order valence-electron chi connectivity index (χ1n) is 16.8. The van der Waals surface area contributed by atoms with Gasteiger partial charge in [0.15, 0.2) is 0 Å². The fourth-order valence-electron chi connectivity index (χ4n) is 3.99. The number of carbonyl (C=O) groups excluding carboxylic acids is 1. The van der Waals surface area contributed by atoms with E-state index in [9.17, 15) is 14.3 Å². The Labute approximate surface area is 268 Å². The van der Waals surface area contributed by atoms with Crippen LogP contribution in [0, 0.1) is 0 Å². The summed E-state index contributed by atoms with van der Waals surface area (Å²) >= 11 is 0. The van der Waals surface area contributed by atoms with E-state index in [4.69, 9.17) is 24.3 Å². The molecule has 0 fully saturated rings. The zero-order valence-corrected chi connectivity index (χ0v) is 28.5. The molecule has 0 aliphatic rings. The summed E-state index contributed by atoms with van der Waals surface area (Å²) in [5, 5.41) is 0. The molecule has 254 valence electrons. The number of carbonyl (C=O) groups is 1. The van der Waals surface area contributed by atoms with Crippen LogP contribution in [0.25, 0.3) is 0 Å². The molecular formula is C35H62NO7P. The van der Waals surface area contributed by atoms with E-state index >= 15 is 0 Å². The van der Waals surface area contributed by atoms with E-state index < -0.39 is 19.9 Å². The van der Waals surface area contributed by atoms with Gasteiger partial charge in [0.1, 0.15) is 6.10 Å². The van der Waals surface area contributed by atoms with Gasteiger partial charge < -0.3 is 20.1 Å². The molecule has 0 aromatic rings. The average molecular weight is 640 g/mol. The normalized spacial score (nSPS) is 14.5. The maximum atomic E-state index is 12.4. The Morgan fingerprint density at radius 2 is 1.27 bits per heavy atom. The monoisotopic (exact) mass is 639 g/mol. The summed E-state index contributed by atoms with van der Waals surface area (Å²) < 4.78 is 33.1. The molecule has 0 saturated heterocycles. The van der Waals surface area contributed by atoms with E-state index in [-0.39, 0.29) is 32.8 Å². The van der Waals surface area contributed by atoms with Crippen LogP contribution in [0.2, 0.25) is 0 Å². The van der Waals surface area contributed by atoms with Crippen molar-refractivity contribution in [2.45, 2.75) is 123 Å². The lowest BCUT2D eigenvalue weighted by Gasteiger charge is -2.19. The standard InChI is InChI=1S/C35H62NO7P/c1-3-5-7-9-11-13-15-17-18-20-22-24-26-28-35(37)43-34(33-42-44(38,39)41-31-29-36)32-40-30-27-25-23-21-19-16-14-12-10-8-6-4-2/h5,7,10-13,17-18,22,24,34H,3-4,6,8-9,14-16,19-21,23,25-33,36H2,1-2H3,(H,38,39)/b7-5-,12-10-,13-11-,18-17-,24-22-. The predicted octanol–water partition coefficient (Wildman–Crippen LogP) is 9.07. The van der Waals surface area contributed by atoms with Crippen LogP contribution in [0.4, 0.5) is 0 Å². The van der Waals surface area contributed by atoms with Crippen LogP contribution < -0.4 is 5.73 Å². The topological polar surface area (TPSA) is 117 Å². The van der Waals surface area contributed by atoms with E-state index in [1.54, 1.807) is 0 Å². The maximum absolute atomic E-state index is 12.4. The number of phosphoric ester groups is 1. The lowest BCUT2D eigenvalue weighted by atomic mass is 10.1. The molecule has 0 amide bonds. The number of hydrogen-bond donors (Lipinski definition) is 2. The molecule has 0 spiro atoms. The molecule has 9 heteroatoms. The van der Waals surface area contributed by atoms with Crippen molar-refractivity contribution in [3.63, 3.8) is 0 Å². The third kappa shape index (κ3) is 31.6. The van der Waals surface area contributed by atoms with Gasteiger partial charge in [0, 0.05) is 19.6 Å². The predicted molar refractivity (Wildman–Crippen MR) is 182 cm³/mol. The fraction of sp³-hybridized carbons (Fsp3) is 0.686. The lowest BCUT2D eigenvalue weighted by molar-refractivity contribution is -0.154. The molecule has 0 bridgehead atoms. The van der Waals surface area contributed by atoms with Gasteiger partial charge in [-0.2, -0.15) is 0 Å². The minimum absolute atomic E-state index is 0.0803. The van der Waals surface area contributed by atoms with Crippen molar-refractivity contribution in [1.29, 1.82) is 0 Å². The number of phosphoric acid groups is 1. The maximum Gasteiger partial charge on any atom is 0.472 e. The van der Waals surface area contributed by atoms with Gasteiger partial charge in [0.25, 0.3) is 0 Å². The smallest absolute Gasteiger partial charge is 0.457 e. The second-order valence-corrected chi connectivity index (χ2v) is 12.1. The van der Waals surface area contributed by atoms with Crippen LogP contribution in [0.1, 0.15) is 117 Å². The second kappa shape index (κ2) is 32.6. The first-order valence-corrected chi connectivity index (χ1v) is 18.3. The Kier molecular flexibility index (Phi) is 31.3. The Bertz CT molecular complexity index is 854. The summed E-state index contributed by atoms with van der Waals surface area (Å²) in [6, 6.07) is 0. The number of hydrogen-bond acceptors (Lipinski definition) is 7. The zero-order valence-electron chi connectivity index (χ0n) is 27.6. The Morgan fingerprint density at radius 3 is 1.91 bits per heavy atom. The number of ether oxygens (including phenoxy) is 2. The molecule has 0 saturated carbocycles. The summed E-state index contributed by atoms with van der Waals surface area (Å²) in [6.07, 6.45) is 36.8. The van der Waals surface area contributed by atoms with Gasteiger partial charge in [-0.1, -0.05) is 113 Å². The molecule has 2 atom stereocenters. The van der Waals surface area contributed by atoms with Gasteiger partial charge in [-0.05, 0) is 57.8 Å². The van der Waals surface area contributed by atoms with Crippen molar-refractivity contribution in [1.82, 2.24) is 0 Å². The SMILES string of the molecule is CC/C=C\C/C=C\C/C=C\C/C=C\CCC(=O)OC(COCCCCCCCC/C=C\CCCC)COP(=O)(O)OCCN. The largest absolute Gasteiger partial charge is 0.472 e. The first kappa shape index (κ1) is 42.2. The molecular weight excluding hydrogens is 577 g/mol. The molecule has 0 aromatic heterocycles. The van der Waals surface area contributed by atoms with Crippen molar-refractivity contribution in [2.24, 2.45) is 5.73 Å². The van der Waals surface area contributed by atoms with Crippen molar-refractivity contribution in [2.75, 3.05) is 33.0 Å². The number of esters is 1. The van der Waals surface area contributed by atoms with Gasteiger partial charge in [-0.3, -0.25) is 13.8 Å². The number of rotatable bonds is 31. The molecule has 0 aromatic carbocycles. The zero-order chi connectivity index (χ0) is 32.4. The molecule has 8 nitrogen and oxygen atoms in total. The van der Waals surface area contributed by atoms with E-state index in [1.165, 1.54) is 38.5 Å². The van der Waals surface area contributed by atoms with E-state index in [0.29, 0.717) is 13.0 Å². The Balaban J connectivity index is 4.30. The van der Waals surface area contributed by atoms with E-state index in [0.717, 1.165) is 51.4 Å². The van der Waals surface area contributed by atoms with E-state index in [2.05, 4.69) is 62.5 Å². The third-order valence-corrected chi connectivity index (χ3v) is 7.42. The van der Waals surface area contributed by atoms with Gasteiger partial charge >= 0.3 is 13.8 Å². The number of allylic oxidation sites excluding steroid dienone is 10. The Hall–Kier alpha value is -1.80. The van der Waals surface area contributed by atoms with Crippen LogP contribution in [0.15, 0.2) is 60.8 Å². The highest BCUT2D eigenvalue weighted by molar-refractivity contribution is 7.47. The molecule has 0 aliphatic carbocycles. The first-order chi connectivity index (χ1) is 21.4. The minimum Gasteiger partial charge on any atom is -0.457 e. The number of nitrogens with two attached hydrogens (primary N) is 1. The number of unbranched alkanes of at least 4 members (excludes halogenated alkanes) is 8.